The molecule has 2 aliphatic rings. The Bertz CT molecular complexity index is 257. The predicted octanol–water partition coefficient (Wildman–Crippen LogP) is 1.72. The quantitative estimate of drug-likeness (QED) is 0.671. The molecule has 2 fully saturated rings. The molecule has 1 aliphatic heterocycles. The van der Waals surface area contributed by atoms with E-state index in [0.717, 1.165) is 19.5 Å². The molecule has 1 saturated heterocycles. The van der Waals surface area contributed by atoms with Crippen LogP contribution in [-0.2, 0) is 9.53 Å². The first-order valence-electron chi connectivity index (χ1n) is 5.88. The average Bonchev–Trinajstić information content (AvgIpc) is 2.55. The van der Waals surface area contributed by atoms with E-state index in [-0.39, 0.29) is 17.0 Å². The Hall–Kier alpha value is -0.570. The van der Waals surface area contributed by atoms with Crippen LogP contribution >= 0.6 is 0 Å². The van der Waals surface area contributed by atoms with Gasteiger partial charge in [-0.1, -0.05) is 6.42 Å². The maximum Gasteiger partial charge on any atom is 0.314 e. The van der Waals surface area contributed by atoms with E-state index in [4.69, 9.17) is 4.74 Å². The summed E-state index contributed by atoms with van der Waals surface area (Å²) in [5.41, 5.74) is -0.561. The number of carbonyl (C=O) groups excluding carboxylic acids is 1. The van der Waals surface area contributed by atoms with Crippen molar-refractivity contribution >= 4 is 5.97 Å². The van der Waals surface area contributed by atoms with Crippen LogP contribution in [0.5, 0.6) is 0 Å². The molecule has 0 aromatic carbocycles. The second-order valence-corrected chi connectivity index (χ2v) is 5.88. The van der Waals surface area contributed by atoms with Gasteiger partial charge in [-0.15, -0.1) is 0 Å². The van der Waals surface area contributed by atoms with E-state index in [9.17, 15) is 4.79 Å². The van der Waals surface area contributed by atoms with Crippen LogP contribution in [0.3, 0.4) is 0 Å². The molecule has 86 valence electrons. The van der Waals surface area contributed by atoms with Crippen LogP contribution in [0.1, 0.15) is 40.0 Å². The molecule has 0 bridgehead atoms. The molecule has 1 N–H and O–H groups in total. The predicted molar refractivity (Wildman–Crippen MR) is 58.5 cm³/mol. The molecule has 1 saturated carbocycles. The molecule has 3 heteroatoms. The third-order valence-corrected chi connectivity index (χ3v) is 3.59. The maximum atomic E-state index is 12.2. The second-order valence-electron chi connectivity index (χ2n) is 5.88. The minimum atomic E-state index is -0.360. The van der Waals surface area contributed by atoms with Crippen molar-refractivity contribution in [2.75, 3.05) is 13.1 Å². The zero-order valence-corrected chi connectivity index (χ0v) is 9.93. The van der Waals surface area contributed by atoms with Crippen LogP contribution in [0.25, 0.3) is 0 Å². The van der Waals surface area contributed by atoms with Crippen LogP contribution in [0, 0.1) is 11.3 Å². The average molecular weight is 211 g/mol. The van der Waals surface area contributed by atoms with Crippen molar-refractivity contribution in [3.8, 4) is 0 Å². The van der Waals surface area contributed by atoms with Crippen LogP contribution < -0.4 is 5.32 Å². The topological polar surface area (TPSA) is 38.3 Å². The Kier molecular flexibility index (Phi) is 2.53. The van der Waals surface area contributed by atoms with E-state index in [0.29, 0.717) is 5.92 Å². The monoisotopic (exact) mass is 211 g/mol. The van der Waals surface area contributed by atoms with Gasteiger partial charge in [0.2, 0.25) is 0 Å². The van der Waals surface area contributed by atoms with Crippen molar-refractivity contribution < 1.29 is 9.53 Å². The number of nitrogens with one attached hydrogen (secondary N) is 1. The molecule has 15 heavy (non-hydrogen) atoms. The van der Waals surface area contributed by atoms with Crippen molar-refractivity contribution in [1.29, 1.82) is 0 Å². The molecular formula is C12H21NO2. The van der Waals surface area contributed by atoms with Gasteiger partial charge in [0.1, 0.15) is 5.60 Å². The summed E-state index contributed by atoms with van der Waals surface area (Å²) in [6.45, 7) is 7.61. The summed E-state index contributed by atoms with van der Waals surface area (Å²) in [5.74, 6) is 0.523. The van der Waals surface area contributed by atoms with Gasteiger partial charge >= 0.3 is 5.97 Å². The van der Waals surface area contributed by atoms with E-state index in [2.05, 4.69) is 5.32 Å². The highest BCUT2D eigenvalue weighted by Gasteiger charge is 2.53. The smallest absolute Gasteiger partial charge is 0.314 e. The second kappa shape index (κ2) is 3.48. The van der Waals surface area contributed by atoms with Gasteiger partial charge in [-0.2, -0.15) is 0 Å². The number of esters is 1. The number of fused-ring (bicyclic) bond motifs is 1. The fraction of sp³-hybridized carbons (Fsp3) is 0.917. The lowest BCUT2D eigenvalue weighted by atomic mass is 9.80. The highest BCUT2D eigenvalue weighted by Crippen LogP contribution is 2.47. The van der Waals surface area contributed by atoms with Gasteiger partial charge in [-0.3, -0.25) is 4.79 Å². The molecule has 3 nitrogen and oxygen atoms in total. The first kappa shape index (κ1) is 10.9. The largest absolute Gasteiger partial charge is 0.459 e. The number of hydrogen-bond donors (Lipinski definition) is 1. The van der Waals surface area contributed by atoms with Crippen molar-refractivity contribution in [1.82, 2.24) is 5.32 Å². The van der Waals surface area contributed by atoms with E-state index in [1.165, 1.54) is 12.8 Å². The summed E-state index contributed by atoms with van der Waals surface area (Å²) in [6, 6.07) is 0. The summed E-state index contributed by atoms with van der Waals surface area (Å²) >= 11 is 0. The first-order chi connectivity index (χ1) is 6.94. The van der Waals surface area contributed by atoms with Crippen LogP contribution in [-0.4, -0.2) is 24.7 Å². The van der Waals surface area contributed by atoms with Crippen LogP contribution in [0.4, 0.5) is 0 Å². The number of hydrogen-bond acceptors (Lipinski definition) is 3. The highest BCUT2D eigenvalue weighted by atomic mass is 16.6. The molecule has 0 amide bonds. The maximum absolute atomic E-state index is 12.2. The van der Waals surface area contributed by atoms with Gasteiger partial charge in [-0.05, 0) is 46.1 Å². The fourth-order valence-corrected chi connectivity index (χ4v) is 2.86. The highest BCUT2D eigenvalue weighted by molar-refractivity contribution is 5.79. The zero-order chi connectivity index (χ0) is 11.1. The van der Waals surface area contributed by atoms with Gasteiger partial charge < -0.3 is 10.1 Å². The Morgan fingerprint density at radius 3 is 2.87 bits per heavy atom. The molecule has 1 heterocycles. The molecule has 0 aromatic rings. The van der Waals surface area contributed by atoms with Crippen LogP contribution in [0.2, 0.25) is 0 Å². The van der Waals surface area contributed by atoms with Gasteiger partial charge in [0.25, 0.3) is 0 Å². The minimum Gasteiger partial charge on any atom is -0.459 e. The summed E-state index contributed by atoms with van der Waals surface area (Å²) < 4.78 is 5.55. The Labute approximate surface area is 91.6 Å². The number of rotatable bonds is 1. The normalized spacial score (nSPS) is 35.3. The zero-order valence-electron chi connectivity index (χ0n) is 9.93. The van der Waals surface area contributed by atoms with Crippen molar-refractivity contribution in [3.05, 3.63) is 0 Å². The van der Waals surface area contributed by atoms with Crippen molar-refractivity contribution in [3.63, 3.8) is 0 Å². The van der Waals surface area contributed by atoms with Crippen molar-refractivity contribution in [2.45, 2.75) is 45.6 Å². The van der Waals surface area contributed by atoms with Gasteiger partial charge in [0.05, 0.1) is 5.41 Å². The molecule has 0 unspecified atom stereocenters. The lowest BCUT2D eigenvalue weighted by Gasteiger charge is -2.30. The summed E-state index contributed by atoms with van der Waals surface area (Å²) in [6.07, 6.45) is 3.34. The SMILES string of the molecule is CC(C)(C)OC(=O)[C@]12CCC[C@H]1CNC2. The molecule has 2 atom stereocenters. The van der Waals surface area contributed by atoms with E-state index < -0.39 is 0 Å². The summed E-state index contributed by atoms with van der Waals surface area (Å²) in [7, 11) is 0. The molecule has 1 aliphatic carbocycles. The third kappa shape index (κ3) is 1.89. The van der Waals surface area contributed by atoms with E-state index in [1.54, 1.807) is 0 Å². The third-order valence-electron chi connectivity index (χ3n) is 3.59. The summed E-state index contributed by atoms with van der Waals surface area (Å²) in [5, 5.41) is 3.33. The lowest BCUT2D eigenvalue weighted by molar-refractivity contribution is -0.168. The molecular weight excluding hydrogens is 190 g/mol. The van der Waals surface area contributed by atoms with Crippen molar-refractivity contribution in [2.24, 2.45) is 11.3 Å². The van der Waals surface area contributed by atoms with Gasteiger partial charge in [0.15, 0.2) is 0 Å². The fourth-order valence-electron chi connectivity index (χ4n) is 2.86. The Morgan fingerprint density at radius 1 is 1.47 bits per heavy atom. The van der Waals surface area contributed by atoms with E-state index in [1.807, 2.05) is 20.8 Å². The minimum absolute atomic E-state index is 0.0162. The summed E-state index contributed by atoms with van der Waals surface area (Å²) in [4.78, 5) is 12.2. The first-order valence-corrected chi connectivity index (χ1v) is 5.88. The van der Waals surface area contributed by atoms with Crippen LogP contribution in [0.15, 0.2) is 0 Å². The van der Waals surface area contributed by atoms with Gasteiger partial charge in [-0.25, -0.2) is 0 Å². The standard InChI is InChI=1S/C12H21NO2/c1-11(2,3)15-10(14)12-6-4-5-9(12)7-13-8-12/h9,13H,4-8H2,1-3H3/t9-,12-/m0/s1. The molecule has 0 spiro atoms. The molecule has 0 radical (unpaired) electrons. The van der Waals surface area contributed by atoms with Gasteiger partial charge in [0, 0.05) is 6.54 Å². The Balaban J connectivity index is 2.11. The number of carbonyl (C=O) groups is 1. The molecule has 0 aromatic heterocycles. The lowest BCUT2D eigenvalue weighted by Crippen LogP contribution is -2.40. The number of ether oxygens (including phenoxy) is 1. The molecule has 2 rings (SSSR count). The Morgan fingerprint density at radius 2 is 2.20 bits per heavy atom. The van der Waals surface area contributed by atoms with E-state index >= 15 is 0 Å².